The van der Waals surface area contributed by atoms with Crippen LogP contribution in [-0.2, 0) is 11.3 Å². The highest BCUT2D eigenvalue weighted by atomic mass is 19.1. The smallest absolute Gasteiger partial charge is 0.267 e. The van der Waals surface area contributed by atoms with Crippen LogP contribution in [0.1, 0.15) is 26.7 Å². The topological polar surface area (TPSA) is 93.3 Å². The molecule has 3 heterocycles. The quantitative estimate of drug-likeness (QED) is 0.567. The van der Waals surface area contributed by atoms with Crippen molar-refractivity contribution in [3.8, 4) is 11.3 Å². The molecular weight excluding hydrogens is 413 g/mol. The molecular formula is C23H28FN5O3. The summed E-state index contributed by atoms with van der Waals surface area (Å²) in [6.45, 7) is 8.13. The third kappa shape index (κ3) is 5.04. The zero-order valence-corrected chi connectivity index (χ0v) is 18.4. The second-order valence-electron chi connectivity index (χ2n) is 8.80. The average Bonchev–Trinajstić information content (AvgIpc) is 3.18. The maximum Gasteiger partial charge on any atom is 0.267 e. The molecule has 3 aromatic rings. The molecule has 0 saturated carbocycles. The summed E-state index contributed by atoms with van der Waals surface area (Å²) < 4.78 is 19.6. The van der Waals surface area contributed by atoms with Crippen molar-refractivity contribution in [3.63, 3.8) is 0 Å². The van der Waals surface area contributed by atoms with Gasteiger partial charge in [-0.25, -0.2) is 9.37 Å². The lowest BCUT2D eigenvalue weighted by atomic mass is 9.92. The van der Waals surface area contributed by atoms with E-state index in [0.717, 1.165) is 26.1 Å². The fourth-order valence-electron chi connectivity index (χ4n) is 4.51. The molecule has 0 bridgehead atoms. The molecule has 9 heteroatoms. The van der Waals surface area contributed by atoms with Gasteiger partial charge in [-0.05, 0) is 55.5 Å². The summed E-state index contributed by atoms with van der Waals surface area (Å²) in [6.07, 6.45) is 3.41. The van der Waals surface area contributed by atoms with Gasteiger partial charge >= 0.3 is 0 Å². The fourth-order valence-corrected chi connectivity index (χ4v) is 4.51. The summed E-state index contributed by atoms with van der Waals surface area (Å²) in [5.41, 5.74) is 0.461. The predicted molar refractivity (Wildman–Crippen MR) is 118 cm³/mol. The number of carbonyl (C=O) groups excluding carboxylic acids is 1. The molecule has 1 aliphatic heterocycles. The second kappa shape index (κ2) is 9.60. The SMILES string of the molecule is CC1CC(C)CN(CCCNC(=O)Cn2cnc3onc(-c4ccc(F)cc4)c3c2=O)C1. The van der Waals surface area contributed by atoms with Crippen molar-refractivity contribution in [1.29, 1.82) is 0 Å². The van der Waals surface area contributed by atoms with E-state index in [1.54, 1.807) is 0 Å². The molecule has 2 atom stereocenters. The molecule has 1 amide bonds. The Balaban J connectivity index is 1.37. The summed E-state index contributed by atoms with van der Waals surface area (Å²) >= 11 is 0. The molecule has 0 aliphatic carbocycles. The number of rotatable bonds is 7. The minimum Gasteiger partial charge on any atom is -0.354 e. The number of fused-ring (bicyclic) bond motifs is 1. The van der Waals surface area contributed by atoms with Crippen LogP contribution in [0.5, 0.6) is 0 Å². The minimum atomic E-state index is -0.429. The Bertz CT molecular complexity index is 1130. The van der Waals surface area contributed by atoms with Crippen molar-refractivity contribution in [2.24, 2.45) is 11.8 Å². The maximum absolute atomic E-state index is 13.2. The Morgan fingerprint density at radius 3 is 2.66 bits per heavy atom. The third-order valence-corrected chi connectivity index (χ3v) is 5.81. The highest BCUT2D eigenvalue weighted by molar-refractivity contribution is 5.88. The van der Waals surface area contributed by atoms with Crippen LogP contribution < -0.4 is 10.9 Å². The fraction of sp³-hybridized carbons (Fsp3) is 0.478. The first-order chi connectivity index (χ1) is 15.4. The molecule has 2 aromatic heterocycles. The van der Waals surface area contributed by atoms with Gasteiger partial charge in [0.15, 0.2) is 0 Å². The van der Waals surface area contributed by atoms with E-state index in [4.69, 9.17) is 4.52 Å². The van der Waals surface area contributed by atoms with E-state index in [9.17, 15) is 14.0 Å². The van der Waals surface area contributed by atoms with Crippen molar-refractivity contribution in [1.82, 2.24) is 24.9 Å². The van der Waals surface area contributed by atoms with E-state index in [-0.39, 0.29) is 29.2 Å². The zero-order valence-electron chi connectivity index (χ0n) is 18.4. The van der Waals surface area contributed by atoms with Crippen molar-refractivity contribution in [2.45, 2.75) is 33.2 Å². The Morgan fingerprint density at radius 2 is 1.94 bits per heavy atom. The minimum absolute atomic E-state index is 0.0796. The standard InChI is InChI=1S/C23H28FN5O3/c1-15-10-16(2)12-28(11-15)9-3-8-25-19(30)13-29-14-26-22-20(23(29)31)21(27-32-22)17-4-6-18(24)7-5-17/h4-7,14-16H,3,8-13H2,1-2H3,(H,25,30). The molecule has 0 radical (unpaired) electrons. The van der Waals surface area contributed by atoms with E-state index >= 15 is 0 Å². The largest absolute Gasteiger partial charge is 0.354 e. The number of piperidine rings is 1. The molecule has 32 heavy (non-hydrogen) atoms. The van der Waals surface area contributed by atoms with Gasteiger partial charge in [0.2, 0.25) is 5.91 Å². The van der Waals surface area contributed by atoms with Gasteiger partial charge in [0.25, 0.3) is 11.3 Å². The zero-order chi connectivity index (χ0) is 22.7. The summed E-state index contributed by atoms with van der Waals surface area (Å²) in [7, 11) is 0. The number of likely N-dealkylation sites (tertiary alicyclic amines) is 1. The first-order valence-corrected chi connectivity index (χ1v) is 11.0. The number of carbonyl (C=O) groups is 1. The average molecular weight is 442 g/mol. The van der Waals surface area contributed by atoms with E-state index in [2.05, 4.69) is 34.2 Å². The molecule has 8 nitrogen and oxygen atoms in total. The lowest BCUT2D eigenvalue weighted by Crippen LogP contribution is -2.40. The van der Waals surface area contributed by atoms with Crippen LogP contribution >= 0.6 is 0 Å². The molecule has 4 rings (SSSR count). The van der Waals surface area contributed by atoms with Crippen LogP contribution in [0, 0.1) is 17.7 Å². The van der Waals surface area contributed by atoms with Gasteiger partial charge in [-0.1, -0.05) is 19.0 Å². The van der Waals surface area contributed by atoms with Crippen molar-refractivity contribution in [3.05, 3.63) is 46.8 Å². The second-order valence-corrected chi connectivity index (χ2v) is 8.80. The number of hydrogen-bond donors (Lipinski definition) is 1. The molecule has 1 aromatic carbocycles. The summed E-state index contributed by atoms with van der Waals surface area (Å²) in [5.74, 6) is 0.770. The molecule has 1 fully saturated rings. The maximum atomic E-state index is 13.2. The molecule has 1 N–H and O–H groups in total. The normalized spacial score (nSPS) is 19.3. The molecule has 1 saturated heterocycles. The van der Waals surface area contributed by atoms with Gasteiger partial charge in [0.05, 0.1) is 0 Å². The summed E-state index contributed by atoms with van der Waals surface area (Å²) in [5, 5.41) is 6.96. The van der Waals surface area contributed by atoms with E-state index in [1.165, 1.54) is 41.6 Å². The Hall–Kier alpha value is -3.07. The van der Waals surface area contributed by atoms with Crippen LogP contribution in [0.15, 0.2) is 39.9 Å². The Morgan fingerprint density at radius 1 is 1.22 bits per heavy atom. The van der Waals surface area contributed by atoms with Gasteiger partial charge in [-0.15, -0.1) is 0 Å². The number of nitrogens with zero attached hydrogens (tertiary/aromatic N) is 4. The molecule has 0 spiro atoms. The van der Waals surface area contributed by atoms with Crippen LogP contribution in [0.3, 0.4) is 0 Å². The number of benzene rings is 1. The molecule has 1 aliphatic rings. The predicted octanol–water partition coefficient (Wildman–Crippen LogP) is 2.67. The number of nitrogens with one attached hydrogen (secondary N) is 1. The number of halogens is 1. The van der Waals surface area contributed by atoms with Gasteiger partial charge < -0.3 is 14.7 Å². The lowest BCUT2D eigenvalue weighted by Gasteiger charge is -2.34. The lowest BCUT2D eigenvalue weighted by molar-refractivity contribution is -0.121. The Kier molecular flexibility index (Phi) is 6.64. The number of aromatic nitrogens is 3. The van der Waals surface area contributed by atoms with Gasteiger partial charge in [-0.3, -0.25) is 14.2 Å². The van der Waals surface area contributed by atoms with E-state index < -0.39 is 11.4 Å². The van der Waals surface area contributed by atoms with Crippen molar-refractivity contribution in [2.75, 3.05) is 26.2 Å². The van der Waals surface area contributed by atoms with Crippen LogP contribution in [0.25, 0.3) is 22.4 Å². The Labute approximate surface area is 185 Å². The van der Waals surface area contributed by atoms with Crippen LogP contribution in [-0.4, -0.2) is 51.7 Å². The van der Waals surface area contributed by atoms with Crippen molar-refractivity contribution < 1.29 is 13.7 Å². The summed E-state index contributed by atoms with van der Waals surface area (Å²) in [4.78, 5) is 31.9. The highest BCUT2D eigenvalue weighted by Gasteiger charge is 2.21. The third-order valence-electron chi connectivity index (χ3n) is 5.81. The molecule has 170 valence electrons. The van der Waals surface area contributed by atoms with Crippen LogP contribution in [0.2, 0.25) is 0 Å². The van der Waals surface area contributed by atoms with E-state index in [1.807, 2.05) is 0 Å². The van der Waals surface area contributed by atoms with E-state index in [0.29, 0.717) is 23.9 Å². The molecule has 2 unspecified atom stereocenters. The number of amides is 1. The number of hydrogen-bond acceptors (Lipinski definition) is 6. The first-order valence-electron chi connectivity index (χ1n) is 11.0. The van der Waals surface area contributed by atoms with Crippen molar-refractivity contribution >= 4 is 17.0 Å². The first kappa shape index (κ1) is 22.1. The van der Waals surface area contributed by atoms with Crippen LogP contribution in [0.4, 0.5) is 4.39 Å². The summed E-state index contributed by atoms with van der Waals surface area (Å²) in [6, 6.07) is 5.59. The van der Waals surface area contributed by atoms with Gasteiger partial charge in [0, 0.05) is 25.2 Å². The van der Waals surface area contributed by atoms with Gasteiger partial charge in [-0.2, -0.15) is 0 Å². The monoisotopic (exact) mass is 441 g/mol. The van der Waals surface area contributed by atoms with Gasteiger partial charge in [0.1, 0.15) is 29.8 Å². The highest BCUT2D eigenvalue weighted by Crippen LogP contribution is 2.24.